The maximum absolute atomic E-state index is 10.5. The largest absolute Gasteiger partial charge is 0.411 e. The zero-order valence-electron chi connectivity index (χ0n) is 9.17. The van der Waals surface area contributed by atoms with Crippen molar-refractivity contribution < 1.29 is 9.53 Å². The van der Waals surface area contributed by atoms with Gasteiger partial charge in [-0.15, -0.1) is 0 Å². The molecule has 2 N–H and O–H groups in total. The molecule has 0 spiro atoms. The van der Waals surface area contributed by atoms with Crippen LogP contribution in [0.15, 0.2) is 48.7 Å². The van der Waals surface area contributed by atoms with Gasteiger partial charge < -0.3 is 10.5 Å². The van der Waals surface area contributed by atoms with Crippen LogP contribution < -0.4 is 10.5 Å². The van der Waals surface area contributed by atoms with Crippen LogP contribution >= 0.6 is 0 Å². The molecule has 0 saturated heterocycles. The first-order valence-corrected chi connectivity index (χ1v) is 5.20. The van der Waals surface area contributed by atoms with Crippen molar-refractivity contribution in [3.05, 3.63) is 59.9 Å². The topological polar surface area (TPSA) is 65.2 Å². The molecule has 17 heavy (non-hydrogen) atoms. The highest BCUT2D eigenvalue weighted by molar-refractivity contribution is 5.68. The molecule has 86 valence electrons. The van der Waals surface area contributed by atoms with Crippen LogP contribution in [0, 0.1) is 0 Å². The second kappa shape index (κ2) is 5.12. The number of benzene rings is 1. The highest BCUT2D eigenvalue weighted by atomic mass is 16.5. The summed E-state index contributed by atoms with van der Waals surface area (Å²) >= 11 is 0. The summed E-state index contributed by atoms with van der Waals surface area (Å²) < 4.78 is 4.74. The molecule has 0 saturated carbocycles. The Morgan fingerprint density at radius 1 is 1.18 bits per heavy atom. The van der Waals surface area contributed by atoms with Crippen LogP contribution in [0.25, 0.3) is 0 Å². The van der Waals surface area contributed by atoms with Crippen LogP contribution in [0.3, 0.4) is 0 Å². The van der Waals surface area contributed by atoms with Crippen LogP contribution in [0.4, 0.5) is 4.79 Å². The average Bonchev–Trinajstić information content (AvgIpc) is 2.32. The van der Waals surface area contributed by atoms with Crippen molar-refractivity contribution >= 4 is 6.09 Å². The Kier molecular flexibility index (Phi) is 3.35. The monoisotopic (exact) mass is 228 g/mol. The SMILES string of the molecule is NC(=O)Oc1ccc(Cc2ccccn2)cc1. The van der Waals surface area contributed by atoms with Gasteiger partial charge in [0.25, 0.3) is 0 Å². The normalized spacial score (nSPS) is 9.88. The van der Waals surface area contributed by atoms with Crippen LogP contribution in [0.2, 0.25) is 0 Å². The van der Waals surface area contributed by atoms with Crippen LogP contribution in [0.5, 0.6) is 5.75 Å². The Balaban J connectivity index is 2.06. The van der Waals surface area contributed by atoms with Crippen molar-refractivity contribution in [3.8, 4) is 5.75 Å². The van der Waals surface area contributed by atoms with E-state index in [-0.39, 0.29) is 0 Å². The molecule has 0 atom stereocenters. The van der Waals surface area contributed by atoms with Gasteiger partial charge in [-0.1, -0.05) is 18.2 Å². The van der Waals surface area contributed by atoms with Crippen molar-refractivity contribution in [2.24, 2.45) is 5.73 Å². The standard InChI is InChI=1S/C13H12N2O2/c14-13(16)17-12-6-4-10(5-7-12)9-11-3-1-2-8-15-11/h1-8H,9H2,(H2,14,16). The van der Waals surface area contributed by atoms with E-state index >= 15 is 0 Å². The molecule has 0 radical (unpaired) electrons. The summed E-state index contributed by atoms with van der Waals surface area (Å²) in [5.74, 6) is 0.447. The van der Waals surface area contributed by atoms with Crippen molar-refractivity contribution in [1.29, 1.82) is 0 Å². The summed E-state index contributed by atoms with van der Waals surface area (Å²) in [4.78, 5) is 14.8. The summed E-state index contributed by atoms with van der Waals surface area (Å²) in [7, 11) is 0. The van der Waals surface area contributed by atoms with Crippen LogP contribution in [0.1, 0.15) is 11.3 Å². The predicted octanol–water partition coefficient (Wildman–Crippen LogP) is 2.13. The summed E-state index contributed by atoms with van der Waals surface area (Å²) in [5.41, 5.74) is 7.01. The van der Waals surface area contributed by atoms with E-state index in [0.29, 0.717) is 5.75 Å². The van der Waals surface area contributed by atoms with Gasteiger partial charge in [-0.3, -0.25) is 4.98 Å². The van der Waals surface area contributed by atoms with Crippen molar-refractivity contribution in [2.75, 3.05) is 0 Å². The molecule has 2 rings (SSSR count). The molecule has 0 aliphatic carbocycles. The Morgan fingerprint density at radius 3 is 2.53 bits per heavy atom. The zero-order chi connectivity index (χ0) is 12.1. The molecule has 0 aliphatic heterocycles. The van der Waals surface area contributed by atoms with E-state index in [9.17, 15) is 4.79 Å². The molecule has 1 aromatic heterocycles. The van der Waals surface area contributed by atoms with Crippen molar-refractivity contribution in [2.45, 2.75) is 6.42 Å². The van der Waals surface area contributed by atoms with Gasteiger partial charge in [-0.25, -0.2) is 4.79 Å². The molecule has 0 bridgehead atoms. The number of aromatic nitrogens is 1. The summed E-state index contributed by atoms with van der Waals surface area (Å²) in [5, 5.41) is 0. The number of ether oxygens (including phenoxy) is 1. The zero-order valence-corrected chi connectivity index (χ0v) is 9.17. The van der Waals surface area contributed by atoms with Gasteiger partial charge in [0.2, 0.25) is 0 Å². The number of rotatable bonds is 3. The maximum atomic E-state index is 10.5. The van der Waals surface area contributed by atoms with E-state index < -0.39 is 6.09 Å². The number of hydrogen-bond donors (Lipinski definition) is 1. The summed E-state index contributed by atoms with van der Waals surface area (Å²) in [6, 6.07) is 13.0. The first-order valence-electron chi connectivity index (χ1n) is 5.20. The number of primary amides is 1. The number of carbonyl (C=O) groups excluding carboxylic acids is 1. The number of nitrogens with zero attached hydrogens (tertiary/aromatic N) is 1. The predicted molar refractivity (Wildman–Crippen MR) is 63.7 cm³/mol. The molecule has 0 aliphatic rings. The van der Waals surface area contributed by atoms with Crippen molar-refractivity contribution in [1.82, 2.24) is 4.98 Å². The Bertz CT molecular complexity index is 495. The number of amides is 1. The molecule has 4 nitrogen and oxygen atoms in total. The molecule has 2 aromatic rings. The third kappa shape index (κ3) is 3.31. The Labute approximate surface area is 99.1 Å². The second-order valence-corrected chi connectivity index (χ2v) is 3.56. The van der Waals surface area contributed by atoms with Gasteiger partial charge >= 0.3 is 6.09 Å². The number of carbonyl (C=O) groups is 1. The lowest BCUT2D eigenvalue weighted by Crippen LogP contribution is -2.16. The van der Waals surface area contributed by atoms with Gasteiger partial charge in [-0.05, 0) is 29.8 Å². The fourth-order valence-electron chi connectivity index (χ4n) is 1.50. The quantitative estimate of drug-likeness (QED) is 0.875. The minimum atomic E-state index is -0.803. The van der Waals surface area contributed by atoms with Gasteiger partial charge in [0, 0.05) is 18.3 Å². The number of pyridine rings is 1. The Hall–Kier alpha value is -2.36. The van der Waals surface area contributed by atoms with Gasteiger partial charge in [0.05, 0.1) is 0 Å². The molecule has 0 fully saturated rings. The number of hydrogen-bond acceptors (Lipinski definition) is 3. The second-order valence-electron chi connectivity index (χ2n) is 3.56. The molecule has 1 heterocycles. The van der Waals surface area contributed by atoms with Crippen LogP contribution in [-0.4, -0.2) is 11.1 Å². The maximum Gasteiger partial charge on any atom is 0.409 e. The summed E-state index contributed by atoms with van der Waals surface area (Å²) in [6.45, 7) is 0. The van der Waals surface area contributed by atoms with E-state index in [4.69, 9.17) is 10.5 Å². The molecule has 1 amide bonds. The van der Waals surface area contributed by atoms with E-state index in [1.807, 2.05) is 30.3 Å². The highest BCUT2D eigenvalue weighted by Gasteiger charge is 2.00. The lowest BCUT2D eigenvalue weighted by atomic mass is 10.1. The minimum Gasteiger partial charge on any atom is -0.411 e. The fourth-order valence-corrected chi connectivity index (χ4v) is 1.50. The summed E-state index contributed by atoms with van der Waals surface area (Å²) in [6.07, 6.45) is 1.71. The average molecular weight is 228 g/mol. The minimum absolute atomic E-state index is 0.447. The van der Waals surface area contributed by atoms with Gasteiger partial charge in [0.1, 0.15) is 5.75 Å². The van der Waals surface area contributed by atoms with E-state index in [2.05, 4.69) is 4.98 Å². The van der Waals surface area contributed by atoms with Gasteiger partial charge in [-0.2, -0.15) is 0 Å². The van der Waals surface area contributed by atoms with E-state index in [1.165, 1.54) is 0 Å². The molecule has 1 aromatic carbocycles. The lowest BCUT2D eigenvalue weighted by Gasteiger charge is -2.03. The lowest BCUT2D eigenvalue weighted by molar-refractivity contribution is 0.211. The first kappa shape index (κ1) is 11.1. The first-order chi connectivity index (χ1) is 8.24. The van der Waals surface area contributed by atoms with Crippen LogP contribution in [-0.2, 0) is 6.42 Å². The highest BCUT2D eigenvalue weighted by Crippen LogP contribution is 2.14. The fraction of sp³-hybridized carbons (Fsp3) is 0.0769. The molecule has 4 heteroatoms. The van der Waals surface area contributed by atoms with E-state index in [0.717, 1.165) is 17.7 Å². The number of nitrogens with two attached hydrogens (primary N) is 1. The molecule has 0 unspecified atom stereocenters. The third-order valence-corrected chi connectivity index (χ3v) is 2.25. The molecular weight excluding hydrogens is 216 g/mol. The molecular formula is C13H12N2O2. The van der Waals surface area contributed by atoms with Crippen molar-refractivity contribution in [3.63, 3.8) is 0 Å². The van der Waals surface area contributed by atoms with E-state index in [1.54, 1.807) is 18.3 Å². The smallest absolute Gasteiger partial charge is 0.409 e. The Morgan fingerprint density at radius 2 is 1.94 bits per heavy atom. The third-order valence-electron chi connectivity index (χ3n) is 2.25. The van der Waals surface area contributed by atoms with Gasteiger partial charge in [0.15, 0.2) is 0 Å².